The highest BCUT2D eigenvalue weighted by molar-refractivity contribution is 7.45. The Morgan fingerprint density at radius 2 is 0.781 bits per heavy atom. The van der Waals surface area contributed by atoms with Crippen molar-refractivity contribution < 1.29 is 42.1 Å². The molecular weight excluding hydrogens is 930 g/mol. The van der Waals surface area contributed by atoms with E-state index in [1.165, 1.54) is 148 Å². The largest absolute Gasteiger partial charge is 0.756 e. The van der Waals surface area contributed by atoms with E-state index in [1.54, 1.807) is 0 Å². The highest BCUT2D eigenvalue weighted by atomic mass is 31.2. The molecule has 0 aromatic carbocycles. The van der Waals surface area contributed by atoms with E-state index in [1.807, 2.05) is 21.1 Å². The van der Waals surface area contributed by atoms with Crippen LogP contribution in [-0.2, 0) is 32.7 Å². The maximum atomic E-state index is 12.8. The summed E-state index contributed by atoms with van der Waals surface area (Å²) in [6, 6.07) is 0. The number of likely N-dealkylation sites (N-methyl/N-ethyl adjacent to an activating group) is 1. The predicted molar refractivity (Wildman–Crippen MR) is 309 cm³/mol. The van der Waals surface area contributed by atoms with Crippen molar-refractivity contribution in [1.29, 1.82) is 0 Å². The monoisotopic (exact) mass is 1040 g/mol. The summed E-state index contributed by atoms with van der Waals surface area (Å²) in [6.45, 7) is 4.14. The Hall–Kier alpha value is -2.55. The van der Waals surface area contributed by atoms with Crippen LogP contribution in [0, 0.1) is 0 Å². The predicted octanol–water partition coefficient (Wildman–Crippen LogP) is 18.2. The molecule has 0 saturated heterocycles. The van der Waals surface area contributed by atoms with Gasteiger partial charge in [0.15, 0.2) is 6.10 Å². The van der Waals surface area contributed by atoms with Crippen LogP contribution in [0.15, 0.2) is 72.9 Å². The Labute approximate surface area is 450 Å². The summed E-state index contributed by atoms with van der Waals surface area (Å²) in [5.41, 5.74) is 0. The molecule has 424 valence electrons. The van der Waals surface area contributed by atoms with Crippen molar-refractivity contribution >= 4 is 19.8 Å². The van der Waals surface area contributed by atoms with Crippen LogP contribution in [0.1, 0.15) is 264 Å². The molecule has 0 aliphatic rings. The van der Waals surface area contributed by atoms with Gasteiger partial charge in [-0.05, 0) is 83.5 Å². The van der Waals surface area contributed by atoms with Gasteiger partial charge in [-0.25, -0.2) is 0 Å². The number of ether oxygens (including phenoxy) is 2. The molecule has 0 rings (SSSR count). The third-order valence-electron chi connectivity index (χ3n) is 13.0. The highest BCUT2D eigenvalue weighted by Crippen LogP contribution is 2.38. The molecule has 0 N–H and O–H groups in total. The topological polar surface area (TPSA) is 111 Å². The van der Waals surface area contributed by atoms with Crippen molar-refractivity contribution in [3.63, 3.8) is 0 Å². The molecule has 73 heavy (non-hydrogen) atoms. The lowest BCUT2D eigenvalue weighted by atomic mass is 10.0. The summed E-state index contributed by atoms with van der Waals surface area (Å²) >= 11 is 0. The van der Waals surface area contributed by atoms with Crippen molar-refractivity contribution in [2.75, 3.05) is 47.5 Å². The molecular formula is C63H114NO8P. The zero-order valence-corrected chi connectivity index (χ0v) is 49.0. The molecule has 0 aromatic rings. The lowest BCUT2D eigenvalue weighted by Gasteiger charge is -2.28. The fourth-order valence-electron chi connectivity index (χ4n) is 8.33. The highest BCUT2D eigenvalue weighted by Gasteiger charge is 2.22. The molecule has 0 aliphatic heterocycles. The van der Waals surface area contributed by atoms with Crippen LogP contribution in [0.2, 0.25) is 0 Å². The average Bonchev–Trinajstić information content (AvgIpc) is 3.35. The Balaban J connectivity index is 4.10. The fourth-order valence-corrected chi connectivity index (χ4v) is 9.05. The quantitative estimate of drug-likeness (QED) is 0.0195. The number of hydrogen-bond acceptors (Lipinski definition) is 8. The molecule has 0 saturated carbocycles. The van der Waals surface area contributed by atoms with Gasteiger partial charge < -0.3 is 27.9 Å². The number of quaternary nitrogens is 1. The maximum absolute atomic E-state index is 12.8. The summed E-state index contributed by atoms with van der Waals surface area (Å²) in [6.07, 6.45) is 70.9. The van der Waals surface area contributed by atoms with Gasteiger partial charge in [-0.2, -0.15) is 0 Å². The number of carbonyl (C=O) groups excluding carboxylic acids is 2. The second-order valence-electron chi connectivity index (χ2n) is 21.3. The van der Waals surface area contributed by atoms with Gasteiger partial charge in [-0.3, -0.25) is 14.2 Å². The van der Waals surface area contributed by atoms with E-state index >= 15 is 0 Å². The molecule has 0 spiro atoms. The summed E-state index contributed by atoms with van der Waals surface area (Å²) in [5.74, 6) is -0.832. The molecule has 0 aromatic heterocycles. The van der Waals surface area contributed by atoms with Crippen molar-refractivity contribution in [1.82, 2.24) is 0 Å². The number of rotatable bonds is 55. The molecule has 0 amide bonds. The third-order valence-corrected chi connectivity index (χ3v) is 13.9. The maximum Gasteiger partial charge on any atom is 0.306 e. The van der Waals surface area contributed by atoms with Crippen molar-refractivity contribution in [2.45, 2.75) is 270 Å². The fraction of sp³-hybridized carbons (Fsp3) is 0.778. The zero-order valence-electron chi connectivity index (χ0n) is 48.1. The molecule has 2 atom stereocenters. The van der Waals surface area contributed by atoms with Crippen molar-refractivity contribution in [3.05, 3.63) is 72.9 Å². The van der Waals surface area contributed by atoms with Crippen LogP contribution in [0.3, 0.4) is 0 Å². The van der Waals surface area contributed by atoms with E-state index in [4.69, 9.17) is 18.5 Å². The van der Waals surface area contributed by atoms with Gasteiger partial charge in [0.1, 0.15) is 19.8 Å². The average molecular weight is 1040 g/mol. The smallest absolute Gasteiger partial charge is 0.306 e. The van der Waals surface area contributed by atoms with E-state index in [9.17, 15) is 19.0 Å². The molecule has 0 radical (unpaired) electrons. The second-order valence-corrected chi connectivity index (χ2v) is 22.7. The summed E-state index contributed by atoms with van der Waals surface area (Å²) in [4.78, 5) is 37.9. The van der Waals surface area contributed by atoms with Crippen LogP contribution >= 0.6 is 7.82 Å². The van der Waals surface area contributed by atoms with Crippen LogP contribution in [-0.4, -0.2) is 70.0 Å². The van der Waals surface area contributed by atoms with Gasteiger partial charge in [0, 0.05) is 12.8 Å². The number of phosphoric acid groups is 1. The molecule has 0 fully saturated rings. The first kappa shape index (κ1) is 70.5. The number of carbonyl (C=O) groups is 2. The van der Waals surface area contributed by atoms with E-state index < -0.39 is 26.5 Å². The Morgan fingerprint density at radius 1 is 0.438 bits per heavy atom. The number of phosphoric ester groups is 1. The van der Waals surface area contributed by atoms with Gasteiger partial charge in [0.05, 0.1) is 27.7 Å². The molecule has 0 aliphatic carbocycles. The van der Waals surface area contributed by atoms with Gasteiger partial charge in [0.2, 0.25) is 0 Å². The van der Waals surface area contributed by atoms with Gasteiger partial charge in [-0.15, -0.1) is 0 Å². The number of allylic oxidation sites excluding steroid dienone is 12. The Kier molecular flexibility index (Phi) is 52.4. The minimum Gasteiger partial charge on any atom is -0.756 e. The first-order chi connectivity index (χ1) is 35.5. The van der Waals surface area contributed by atoms with Crippen LogP contribution in [0.4, 0.5) is 0 Å². The standard InChI is InChI=1S/C63H114NO8P/c1-6-8-10-12-14-16-18-20-22-24-26-27-28-29-30-31-32-33-34-35-36-37-38-40-42-44-46-48-50-52-54-56-63(66)72-61(60-71-73(67,68)70-58-57-64(3,4)5)59-69-62(65)55-53-51-49-47-45-43-41-39-25-23-21-19-17-15-13-11-9-7-2/h8,10,14,16,20,22-23,25-27,29-30,61H,6-7,9,11-13,15,17-19,21,24,28,31-60H2,1-5H3/b10-8-,16-14-,22-20-,25-23-,27-26-,30-29-. The minimum absolute atomic E-state index is 0.0326. The van der Waals surface area contributed by atoms with Gasteiger partial charge in [-0.1, -0.05) is 241 Å². The lowest BCUT2D eigenvalue weighted by molar-refractivity contribution is -0.870. The first-order valence-corrected chi connectivity index (χ1v) is 31.6. The van der Waals surface area contributed by atoms with Crippen LogP contribution < -0.4 is 4.89 Å². The Bertz CT molecular complexity index is 1460. The summed E-state index contributed by atoms with van der Waals surface area (Å²) in [7, 11) is 1.17. The number of nitrogens with zero attached hydrogens (tertiary/aromatic N) is 1. The number of esters is 2. The third kappa shape index (κ3) is 58.6. The molecule has 0 heterocycles. The second kappa shape index (κ2) is 54.2. The molecule has 2 unspecified atom stereocenters. The van der Waals surface area contributed by atoms with Crippen molar-refractivity contribution in [2.24, 2.45) is 0 Å². The summed E-state index contributed by atoms with van der Waals surface area (Å²) in [5, 5.41) is 0. The molecule has 9 nitrogen and oxygen atoms in total. The molecule has 10 heteroatoms. The van der Waals surface area contributed by atoms with Crippen molar-refractivity contribution in [3.8, 4) is 0 Å². The van der Waals surface area contributed by atoms with Crippen LogP contribution in [0.5, 0.6) is 0 Å². The van der Waals surface area contributed by atoms with Crippen LogP contribution in [0.25, 0.3) is 0 Å². The Morgan fingerprint density at radius 3 is 1.18 bits per heavy atom. The SMILES string of the molecule is CC/C=C\C/C=C\C/C=C\C/C=C\C/C=C\CCCCCCCCCCCCCCCCCC(=O)OC(COC(=O)CCCCCCCCC/C=C\CCCCCCCCC)COP(=O)([O-])OCC[N+](C)(C)C. The van der Waals surface area contributed by atoms with E-state index in [0.717, 1.165) is 83.5 Å². The van der Waals surface area contributed by atoms with E-state index in [0.29, 0.717) is 17.4 Å². The number of hydrogen-bond donors (Lipinski definition) is 0. The number of unbranched alkanes of at least 4 members (excludes halogenated alkanes) is 29. The van der Waals surface area contributed by atoms with E-state index in [2.05, 4.69) is 86.8 Å². The van der Waals surface area contributed by atoms with Gasteiger partial charge in [0.25, 0.3) is 7.82 Å². The zero-order chi connectivity index (χ0) is 53.5. The summed E-state index contributed by atoms with van der Waals surface area (Å²) < 4.78 is 34.2. The minimum atomic E-state index is -4.64. The normalized spacial score (nSPS) is 13.8. The molecule has 0 bridgehead atoms. The van der Waals surface area contributed by atoms with Gasteiger partial charge >= 0.3 is 11.9 Å². The lowest BCUT2D eigenvalue weighted by Crippen LogP contribution is -2.37. The first-order valence-electron chi connectivity index (χ1n) is 30.1. The van der Waals surface area contributed by atoms with E-state index in [-0.39, 0.29) is 32.0 Å².